The van der Waals surface area contributed by atoms with Gasteiger partial charge in [0.25, 0.3) is 0 Å². The minimum Gasteiger partial charge on any atom is -0.508 e. The van der Waals surface area contributed by atoms with Gasteiger partial charge >= 0.3 is 0 Å². The summed E-state index contributed by atoms with van der Waals surface area (Å²) in [6.07, 6.45) is 0. The van der Waals surface area contributed by atoms with E-state index < -0.39 is 0 Å². The Morgan fingerprint density at radius 3 is 2.80 bits per heavy atom. The third-order valence-electron chi connectivity index (χ3n) is 1.94. The molecule has 0 atom stereocenters. The first-order valence-corrected chi connectivity index (χ1v) is 5.70. The van der Waals surface area contributed by atoms with Crippen LogP contribution in [0.3, 0.4) is 0 Å². The Kier molecular flexibility index (Phi) is 3.14. The highest BCUT2D eigenvalue weighted by Gasteiger charge is 1.98. The Morgan fingerprint density at radius 1 is 1.27 bits per heavy atom. The van der Waals surface area contributed by atoms with Crippen LogP contribution in [0.1, 0.15) is 4.88 Å². The SMILES string of the molecule is Oc1cccc(NCc2ccc(Cl)s2)c1. The lowest BCUT2D eigenvalue weighted by Crippen LogP contribution is -1.96. The van der Waals surface area contributed by atoms with Gasteiger partial charge in [-0.05, 0) is 24.3 Å². The summed E-state index contributed by atoms with van der Waals surface area (Å²) in [7, 11) is 0. The summed E-state index contributed by atoms with van der Waals surface area (Å²) in [5, 5.41) is 12.5. The predicted molar refractivity (Wildman–Crippen MR) is 64.8 cm³/mol. The number of aromatic hydroxyl groups is 1. The van der Waals surface area contributed by atoms with E-state index in [2.05, 4.69) is 5.32 Å². The smallest absolute Gasteiger partial charge is 0.117 e. The van der Waals surface area contributed by atoms with Crippen molar-refractivity contribution in [3.63, 3.8) is 0 Å². The molecule has 0 bridgehead atoms. The molecule has 15 heavy (non-hydrogen) atoms. The average molecular weight is 240 g/mol. The zero-order chi connectivity index (χ0) is 10.7. The first-order chi connectivity index (χ1) is 7.24. The fraction of sp³-hybridized carbons (Fsp3) is 0.0909. The molecule has 0 aliphatic rings. The van der Waals surface area contributed by atoms with E-state index in [0.717, 1.165) is 16.6 Å². The van der Waals surface area contributed by atoms with Gasteiger partial charge < -0.3 is 10.4 Å². The van der Waals surface area contributed by atoms with E-state index in [4.69, 9.17) is 11.6 Å². The maximum absolute atomic E-state index is 9.26. The highest BCUT2D eigenvalue weighted by molar-refractivity contribution is 7.16. The number of benzene rings is 1. The number of phenolic OH excluding ortho intramolecular Hbond substituents is 1. The summed E-state index contributed by atoms with van der Waals surface area (Å²) in [5.41, 5.74) is 0.902. The van der Waals surface area contributed by atoms with Crippen molar-refractivity contribution in [1.82, 2.24) is 0 Å². The second-order valence-electron chi connectivity index (χ2n) is 3.11. The Labute approximate surface area is 97.1 Å². The molecule has 1 heterocycles. The molecule has 0 aliphatic heterocycles. The molecule has 2 aromatic rings. The minimum atomic E-state index is 0.268. The van der Waals surface area contributed by atoms with Crippen LogP contribution in [0, 0.1) is 0 Å². The number of rotatable bonds is 3. The van der Waals surface area contributed by atoms with Crippen LogP contribution in [0.2, 0.25) is 4.34 Å². The quantitative estimate of drug-likeness (QED) is 0.856. The summed E-state index contributed by atoms with van der Waals surface area (Å²) in [4.78, 5) is 1.17. The van der Waals surface area contributed by atoms with Crippen LogP contribution in [0.25, 0.3) is 0 Å². The molecule has 1 aromatic carbocycles. The van der Waals surface area contributed by atoms with E-state index in [0.29, 0.717) is 0 Å². The number of nitrogens with one attached hydrogen (secondary N) is 1. The molecule has 1 aromatic heterocycles. The van der Waals surface area contributed by atoms with Gasteiger partial charge in [-0.25, -0.2) is 0 Å². The van der Waals surface area contributed by atoms with E-state index in [-0.39, 0.29) is 5.75 Å². The third-order valence-corrected chi connectivity index (χ3v) is 3.17. The molecule has 4 heteroatoms. The molecule has 0 saturated carbocycles. The van der Waals surface area contributed by atoms with Crippen molar-refractivity contribution in [3.8, 4) is 5.75 Å². The van der Waals surface area contributed by atoms with Gasteiger partial charge in [0.1, 0.15) is 5.75 Å². The van der Waals surface area contributed by atoms with Crippen LogP contribution in [-0.4, -0.2) is 5.11 Å². The van der Waals surface area contributed by atoms with Crippen molar-refractivity contribution >= 4 is 28.6 Å². The van der Waals surface area contributed by atoms with Crippen molar-refractivity contribution in [2.75, 3.05) is 5.32 Å². The van der Waals surface area contributed by atoms with Crippen molar-refractivity contribution in [3.05, 3.63) is 45.6 Å². The molecular weight excluding hydrogens is 230 g/mol. The average Bonchev–Trinajstić information content (AvgIpc) is 2.62. The molecule has 0 radical (unpaired) electrons. The summed E-state index contributed by atoms with van der Waals surface area (Å²) >= 11 is 7.37. The number of thiophene rings is 1. The number of phenols is 1. The number of halogens is 1. The maximum atomic E-state index is 9.26. The number of hydrogen-bond donors (Lipinski definition) is 2. The Hall–Kier alpha value is -1.19. The molecule has 2 rings (SSSR count). The first-order valence-electron chi connectivity index (χ1n) is 4.51. The van der Waals surface area contributed by atoms with Crippen LogP contribution < -0.4 is 5.32 Å². The minimum absolute atomic E-state index is 0.268. The van der Waals surface area contributed by atoms with E-state index in [9.17, 15) is 5.11 Å². The second-order valence-corrected chi connectivity index (χ2v) is 4.91. The van der Waals surface area contributed by atoms with Crippen molar-refractivity contribution < 1.29 is 5.11 Å². The number of anilines is 1. The van der Waals surface area contributed by atoms with Crippen molar-refractivity contribution in [2.45, 2.75) is 6.54 Å². The fourth-order valence-electron chi connectivity index (χ4n) is 1.25. The zero-order valence-electron chi connectivity index (χ0n) is 7.90. The van der Waals surface area contributed by atoms with Crippen molar-refractivity contribution in [2.24, 2.45) is 0 Å². The summed E-state index contributed by atoms with van der Waals surface area (Å²) < 4.78 is 0.794. The standard InChI is InChI=1S/C11H10ClNOS/c12-11-5-4-10(15-11)7-13-8-2-1-3-9(14)6-8/h1-6,13-14H,7H2. The predicted octanol–water partition coefficient (Wildman–Crippen LogP) is 3.72. The molecule has 2 N–H and O–H groups in total. The highest BCUT2D eigenvalue weighted by atomic mass is 35.5. The highest BCUT2D eigenvalue weighted by Crippen LogP contribution is 2.23. The van der Waals surface area contributed by atoms with E-state index in [1.165, 1.54) is 4.88 Å². The van der Waals surface area contributed by atoms with Gasteiger partial charge in [0, 0.05) is 23.2 Å². The summed E-state index contributed by atoms with van der Waals surface area (Å²) in [6.45, 7) is 0.723. The van der Waals surface area contributed by atoms with E-state index in [1.54, 1.807) is 29.5 Å². The summed E-state index contributed by atoms with van der Waals surface area (Å²) in [5.74, 6) is 0.268. The molecule has 0 saturated heterocycles. The van der Waals surface area contributed by atoms with Gasteiger partial charge in [-0.15, -0.1) is 11.3 Å². The summed E-state index contributed by atoms with van der Waals surface area (Å²) in [6, 6.07) is 10.9. The molecule has 2 nitrogen and oxygen atoms in total. The molecule has 0 unspecified atom stereocenters. The Balaban J connectivity index is 1.99. The molecule has 0 aliphatic carbocycles. The largest absolute Gasteiger partial charge is 0.508 e. The van der Waals surface area contributed by atoms with Gasteiger partial charge in [-0.1, -0.05) is 17.7 Å². The lowest BCUT2D eigenvalue weighted by molar-refractivity contribution is 0.475. The van der Waals surface area contributed by atoms with Crippen LogP contribution in [0.4, 0.5) is 5.69 Å². The Morgan fingerprint density at radius 2 is 2.13 bits per heavy atom. The fourth-order valence-corrected chi connectivity index (χ4v) is 2.28. The van der Waals surface area contributed by atoms with Crippen LogP contribution >= 0.6 is 22.9 Å². The van der Waals surface area contributed by atoms with E-state index >= 15 is 0 Å². The molecular formula is C11H10ClNOS. The molecule has 0 amide bonds. The second kappa shape index (κ2) is 4.55. The topological polar surface area (TPSA) is 32.3 Å². The van der Waals surface area contributed by atoms with Gasteiger partial charge in [-0.2, -0.15) is 0 Å². The van der Waals surface area contributed by atoms with Crippen LogP contribution in [0.15, 0.2) is 36.4 Å². The van der Waals surface area contributed by atoms with Crippen LogP contribution in [-0.2, 0) is 6.54 Å². The van der Waals surface area contributed by atoms with Gasteiger partial charge in [0.05, 0.1) is 4.34 Å². The molecule has 0 spiro atoms. The monoisotopic (exact) mass is 239 g/mol. The van der Waals surface area contributed by atoms with Gasteiger partial charge in [0.15, 0.2) is 0 Å². The van der Waals surface area contributed by atoms with Gasteiger partial charge in [-0.3, -0.25) is 0 Å². The lowest BCUT2D eigenvalue weighted by atomic mass is 10.3. The normalized spacial score (nSPS) is 10.2. The van der Waals surface area contributed by atoms with Gasteiger partial charge in [0.2, 0.25) is 0 Å². The lowest BCUT2D eigenvalue weighted by Gasteiger charge is -2.04. The van der Waals surface area contributed by atoms with Crippen LogP contribution in [0.5, 0.6) is 5.75 Å². The Bertz CT molecular complexity index is 455. The maximum Gasteiger partial charge on any atom is 0.117 e. The van der Waals surface area contributed by atoms with Crippen molar-refractivity contribution in [1.29, 1.82) is 0 Å². The van der Waals surface area contributed by atoms with E-state index in [1.807, 2.05) is 18.2 Å². The number of hydrogen-bond acceptors (Lipinski definition) is 3. The zero-order valence-corrected chi connectivity index (χ0v) is 9.48. The first kappa shape index (κ1) is 10.3. The third kappa shape index (κ3) is 2.88. The molecule has 0 fully saturated rings. The molecule has 78 valence electrons.